The van der Waals surface area contributed by atoms with E-state index in [0.29, 0.717) is 12.6 Å². The van der Waals surface area contributed by atoms with E-state index in [1.165, 1.54) is 17.0 Å². The van der Waals surface area contributed by atoms with E-state index >= 15 is 0 Å². The molecule has 1 rings (SSSR count). The first kappa shape index (κ1) is 13.3. The largest absolute Gasteiger partial charge is 0.375 e. The van der Waals surface area contributed by atoms with Gasteiger partial charge in [0.15, 0.2) is 0 Å². The van der Waals surface area contributed by atoms with Gasteiger partial charge in [-0.15, -0.1) is 0 Å². The van der Waals surface area contributed by atoms with Crippen molar-refractivity contribution in [1.82, 2.24) is 9.88 Å². The highest BCUT2D eigenvalue weighted by atomic mass is 16.5. The van der Waals surface area contributed by atoms with Gasteiger partial charge in [0.05, 0.1) is 13.2 Å². The maximum absolute atomic E-state index is 5.61. The highest BCUT2D eigenvalue weighted by Crippen LogP contribution is 2.20. The van der Waals surface area contributed by atoms with Crippen LogP contribution in [0.2, 0.25) is 0 Å². The topological polar surface area (TPSA) is 26.2 Å². The van der Waals surface area contributed by atoms with Gasteiger partial charge in [-0.3, -0.25) is 0 Å². The monoisotopic (exact) mass is 224 g/mol. The lowest BCUT2D eigenvalue weighted by Crippen LogP contribution is -2.14. The molecule has 0 atom stereocenters. The molecule has 92 valence electrons. The summed E-state index contributed by atoms with van der Waals surface area (Å²) in [6, 6.07) is 2.75. The van der Waals surface area contributed by atoms with Crippen molar-refractivity contribution < 1.29 is 4.74 Å². The molecule has 0 aliphatic carbocycles. The van der Waals surface area contributed by atoms with E-state index in [9.17, 15) is 0 Å². The Balaban J connectivity index is 2.64. The second-order valence-corrected chi connectivity index (χ2v) is 4.52. The van der Waals surface area contributed by atoms with Crippen molar-refractivity contribution in [2.75, 3.05) is 20.2 Å². The predicted molar refractivity (Wildman–Crippen MR) is 67.9 cm³/mol. The minimum Gasteiger partial charge on any atom is -0.375 e. The number of aryl methyl sites for hydroxylation is 1. The molecular weight excluding hydrogens is 200 g/mol. The predicted octanol–water partition coefficient (Wildman–Crippen LogP) is 2.42. The summed E-state index contributed by atoms with van der Waals surface area (Å²) in [5.41, 5.74) is 3.96. The molecule has 1 N–H and O–H groups in total. The van der Waals surface area contributed by atoms with Crippen LogP contribution in [0, 0.1) is 13.8 Å². The van der Waals surface area contributed by atoms with Gasteiger partial charge in [0.25, 0.3) is 0 Å². The quantitative estimate of drug-likeness (QED) is 0.751. The first-order chi connectivity index (χ1) is 7.57. The number of hydrogen-bond donors (Lipinski definition) is 1. The van der Waals surface area contributed by atoms with Crippen LogP contribution in [0.15, 0.2) is 6.07 Å². The summed E-state index contributed by atoms with van der Waals surface area (Å²) in [6.45, 7) is 11.1. The van der Waals surface area contributed by atoms with E-state index in [4.69, 9.17) is 4.74 Å². The molecule has 16 heavy (non-hydrogen) atoms. The molecule has 0 saturated carbocycles. The Morgan fingerprint density at radius 2 is 2.06 bits per heavy atom. The molecule has 0 fully saturated rings. The molecule has 0 radical (unpaired) electrons. The lowest BCUT2D eigenvalue weighted by Gasteiger charge is -2.13. The van der Waals surface area contributed by atoms with Crippen molar-refractivity contribution in [2.24, 2.45) is 0 Å². The summed E-state index contributed by atoms with van der Waals surface area (Å²) in [6.07, 6.45) is 0. The Morgan fingerprint density at radius 3 is 2.56 bits per heavy atom. The van der Waals surface area contributed by atoms with E-state index in [-0.39, 0.29) is 0 Å². The molecule has 0 saturated heterocycles. The Bertz CT molecular complexity index is 329. The number of ether oxygens (including phenoxy) is 1. The average molecular weight is 224 g/mol. The first-order valence-corrected chi connectivity index (χ1v) is 5.97. The smallest absolute Gasteiger partial charge is 0.0735 e. The first-order valence-electron chi connectivity index (χ1n) is 5.97. The molecule has 1 aromatic rings. The second-order valence-electron chi connectivity index (χ2n) is 4.52. The summed E-state index contributed by atoms with van der Waals surface area (Å²) in [5.74, 6) is 0. The molecule has 0 aromatic carbocycles. The van der Waals surface area contributed by atoms with Gasteiger partial charge in [-0.05, 0) is 46.4 Å². The molecule has 0 aliphatic heterocycles. The lowest BCUT2D eigenvalue weighted by molar-refractivity contribution is 0.123. The fraction of sp³-hybridized carbons (Fsp3) is 0.692. The Hall–Kier alpha value is -0.800. The van der Waals surface area contributed by atoms with Gasteiger partial charge in [0, 0.05) is 24.0 Å². The number of hydrogen-bond acceptors (Lipinski definition) is 2. The van der Waals surface area contributed by atoms with Gasteiger partial charge in [-0.1, -0.05) is 0 Å². The van der Waals surface area contributed by atoms with Crippen LogP contribution in [0.4, 0.5) is 0 Å². The van der Waals surface area contributed by atoms with Crippen molar-refractivity contribution in [3.8, 4) is 0 Å². The van der Waals surface area contributed by atoms with Gasteiger partial charge >= 0.3 is 0 Å². The van der Waals surface area contributed by atoms with Crippen molar-refractivity contribution in [3.05, 3.63) is 23.0 Å². The standard InChI is InChI=1S/C13H24N2O/c1-10(2)15-11(3)8-13(12(15)4)9-16-7-6-14-5/h8,10,14H,6-7,9H2,1-5H3. The minimum atomic E-state index is 0.519. The van der Waals surface area contributed by atoms with Crippen molar-refractivity contribution >= 4 is 0 Å². The van der Waals surface area contributed by atoms with E-state index in [0.717, 1.165) is 13.2 Å². The van der Waals surface area contributed by atoms with Gasteiger partial charge in [-0.25, -0.2) is 0 Å². The zero-order valence-electron chi connectivity index (χ0n) is 11.1. The van der Waals surface area contributed by atoms with Gasteiger partial charge in [0.1, 0.15) is 0 Å². The minimum absolute atomic E-state index is 0.519. The summed E-state index contributed by atoms with van der Waals surface area (Å²) >= 11 is 0. The van der Waals surface area contributed by atoms with E-state index in [1.54, 1.807) is 0 Å². The molecule has 0 aliphatic rings. The third-order valence-corrected chi connectivity index (χ3v) is 2.86. The third kappa shape index (κ3) is 3.09. The van der Waals surface area contributed by atoms with Crippen LogP contribution in [0.25, 0.3) is 0 Å². The number of nitrogens with zero attached hydrogens (tertiary/aromatic N) is 1. The summed E-state index contributed by atoms with van der Waals surface area (Å²) < 4.78 is 7.97. The number of aromatic nitrogens is 1. The van der Waals surface area contributed by atoms with Crippen molar-refractivity contribution in [1.29, 1.82) is 0 Å². The van der Waals surface area contributed by atoms with Crippen LogP contribution >= 0.6 is 0 Å². The molecule has 0 spiro atoms. The summed E-state index contributed by atoms with van der Waals surface area (Å²) in [7, 11) is 1.94. The zero-order valence-corrected chi connectivity index (χ0v) is 11.1. The highest BCUT2D eigenvalue weighted by molar-refractivity contribution is 5.26. The Morgan fingerprint density at radius 1 is 1.38 bits per heavy atom. The van der Waals surface area contributed by atoms with Gasteiger partial charge < -0.3 is 14.6 Å². The Labute approximate surface area is 98.8 Å². The number of nitrogens with one attached hydrogen (secondary N) is 1. The molecule has 0 unspecified atom stereocenters. The van der Waals surface area contributed by atoms with Gasteiger partial charge in [-0.2, -0.15) is 0 Å². The Kier molecular flexibility index (Phi) is 5.03. The lowest BCUT2D eigenvalue weighted by atomic mass is 10.2. The van der Waals surface area contributed by atoms with Crippen LogP contribution in [-0.4, -0.2) is 24.8 Å². The molecule has 3 nitrogen and oxygen atoms in total. The van der Waals surface area contributed by atoms with Crippen molar-refractivity contribution in [2.45, 2.75) is 40.3 Å². The maximum Gasteiger partial charge on any atom is 0.0735 e. The zero-order chi connectivity index (χ0) is 12.1. The second kappa shape index (κ2) is 6.06. The third-order valence-electron chi connectivity index (χ3n) is 2.86. The SMILES string of the molecule is CNCCOCc1cc(C)n(C(C)C)c1C. The van der Waals surface area contributed by atoms with Crippen LogP contribution in [0.3, 0.4) is 0 Å². The number of rotatable bonds is 6. The fourth-order valence-corrected chi connectivity index (χ4v) is 2.14. The van der Waals surface area contributed by atoms with Gasteiger partial charge in [0.2, 0.25) is 0 Å². The van der Waals surface area contributed by atoms with Crippen LogP contribution in [0.1, 0.15) is 36.8 Å². The molecule has 1 heterocycles. The number of likely N-dealkylation sites (N-methyl/N-ethyl adjacent to an activating group) is 1. The molecule has 3 heteroatoms. The van der Waals surface area contributed by atoms with E-state index in [1.807, 2.05) is 7.05 Å². The molecule has 0 amide bonds. The van der Waals surface area contributed by atoms with E-state index in [2.05, 4.69) is 43.6 Å². The average Bonchev–Trinajstić information content (AvgIpc) is 2.49. The molecule has 1 aromatic heterocycles. The van der Waals surface area contributed by atoms with Crippen LogP contribution in [-0.2, 0) is 11.3 Å². The van der Waals surface area contributed by atoms with Crippen LogP contribution < -0.4 is 5.32 Å². The van der Waals surface area contributed by atoms with Crippen LogP contribution in [0.5, 0.6) is 0 Å². The van der Waals surface area contributed by atoms with Crippen molar-refractivity contribution in [3.63, 3.8) is 0 Å². The fourth-order valence-electron chi connectivity index (χ4n) is 2.14. The molecular formula is C13H24N2O. The maximum atomic E-state index is 5.61. The molecule has 0 bridgehead atoms. The summed E-state index contributed by atoms with van der Waals surface area (Å²) in [5, 5.41) is 3.07. The highest BCUT2D eigenvalue weighted by Gasteiger charge is 2.10. The normalized spacial score (nSPS) is 11.4. The van der Waals surface area contributed by atoms with E-state index < -0.39 is 0 Å². The summed E-state index contributed by atoms with van der Waals surface area (Å²) in [4.78, 5) is 0.